The average Bonchev–Trinajstić information content (AvgIpc) is 2.27. The van der Waals surface area contributed by atoms with Crippen molar-refractivity contribution < 1.29 is 9.53 Å². The average molecular weight is 221 g/mol. The van der Waals surface area contributed by atoms with E-state index in [9.17, 15) is 9.70 Å². The Morgan fingerprint density at radius 1 is 1.44 bits per heavy atom. The standard InChI is InChI=1S/C12H15NO3/c1-3-16-12-8-10(5-4-9(2)14)6-7-11(12)13-15/h6-8H,3-5H2,1-2H3. The molecule has 0 unspecified atom stereocenters. The number of benzene rings is 1. The summed E-state index contributed by atoms with van der Waals surface area (Å²) in [6.45, 7) is 3.89. The predicted octanol–water partition coefficient (Wildman–Crippen LogP) is 3.00. The fourth-order valence-electron chi connectivity index (χ4n) is 1.38. The van der Waals surface area contributed by atoms with Crippen LogP contribution in [0.25, 0.3) is 0 Å². The van der Waals surface area contributed by atoms with E-state index in [-0.39, 0.29) is 5.78 Å². The van der Waals surface area contributed by atoms with E-state index in [4.69, 9.17) is 4.74 Å². The van der Waals surface area contributed by atoms with E-state index < -0.39 is 0 Å². The second-order valence-corrected chi connectivity index (χ2v) is 3.53. The van der Waals surface area contributed by atoms with Crippen LogP contribution in [0.1, 0.15) is 25.8 Å². The van der Waals surface area contributed by atoms with Crippen molar-refractivity contribution in [1.82, 2.24) is 0 Å². The van der Waals surface area contributed by atoms with Crippen molar-refractivity contribution in [1.29, 1.82) is 0 Å². The number of hydrogen-bond acceptors (Lipinski definition) is 4. The highest BCUT2D eigenvalue weighted by molar-refractivity contribution is 5.75. The van der Waals surface area contributed by atoms with Crippen LogP contribution >= 0.6 is 0 Å². The van der Waals surface area contributed by atoms with Gasteiger partial charge in [0.1, 0.15) is 17.2 Å². The molecule has 0 aliphatic rings. The van der Waals surface area contributed by atoms with Gasteiger partial charge < -0.3 is 9.53 Å². The van der Waals surface area contributed by atoms with Crippen LogP contribution in [0.3, 0.4) is 0 Å². The second kappa shape index (κ2) is 6.00. The molecule has 0 bridgehead atoms. The molecule has 0 fully saturated rings. The normalized spacial score (nSPS) is 9.88. The van der Waals surface area contributed by atoms with E-state index in [0.717, 1.165) is 5.56 Å². The Kier molecular flexibility index (Phi) is 4.64. The molecule has 1 aromatic carbocycles. The lowest BCUT2D eigenvalue weighted by Crippen LogP contribution is -1.96. The number of ether oxygens (including phenoxy) is 1. The summed E-state index contributed by atoms with van der Waals surface area (Å²) < 4.78 is 5.30. The van der Waals surface area contributed by atoms with Gasteiger partial charge in [-0.1, -0.05) is 6.07 Å². The molecule has 4 nitrogen and oxygen atoms in total. The first-order valence-electron chi connectivity index (χ1n) is 5.26. The maximum Gasteiger partial charge on any atom is 0.149 e. The Balaban J connectivity index is 2.83. The van der Waals surface area contributed by atoms with Crippen molar-refractivity contribution in [2.24, 2.45) is 5.18 Å². The van der Waals surface area contributed by atoms with Crippen molar-refractivity contribution in [3.8, 4) is 5.75 Å². The lowest BCUT2D eigenvalue weighted by molar-refractivity contribution is -0.116. The smallest absolute Gasteiger partial charge is 0.149 e. The molecule has 0 saturated carbocycles. The molecule has 1 rings (SSSR count). The summed E-state index contributed by atoms with van der Waals surface area (Å²) in [6, 6.07) is 5.18. The minimum absolute atomic E-state index is 0.149. The first-order chi connectivity index (χ1) is 7.67. The fraction of sp³-hybridized carbons (Fsp3) is 0.417. The maximum absolute atomic E-state index is 10.9. The molecule has 0 spiro atoms. The second-order valence-electron chi connectivity index (χ2n) is 3.53. The third-order valence-electron chi connectivity index (χ3n) is 2.19. The van der Waals surface area contributed by atoms with Gasteiger partial charge in [-0.15, -0.1) is 4.91 Å². The van der Waals surface area contributed by atoms with Crippen molar-refractivity contribution >= 4 is 11.5 Å². The Hall–Kier alpha value is -1.71. The van der Waals surface area contributed by atoms with Gasteiger partial charge in [0, 0.05) is 6.42 Å². The molecule has 0 saturated heterocycles. The summed E-state index contributed by atoms with van der Waals surface area (Å²) in [5.41, 5.74) is 1.28. The number of carbonyl (C=O) groups is 1. The molecule has 1 aromatic rings. The van der Waals surface area contributed by atoms with Crippen LogP contribution in [0.15, 0.2) is 23.4 Å². The van der Waals surface area contributed by atoms with E-state index in [0.29, 0.717) is 30.9 Å². The summed E-state index contributed by atoms with van der Waals surface area (Å²) in [6.07, 6.45) is 1.16. The van der Waals surface area contributed by atoms with Crippen LogP contribution in [-0.2, 0) is 11.2 Å². The summed E-state index contributed by atoms with van der Waals surface area (Å²) in [5.74, 6) is 0.633. The largest absolute Gasteiger partial charge is 0.491 e. The lowest BCUT2D eigenvalue weighted by Gasteiger charge is -2.07. The third kappa shape index (κ3) is 3.46. The molecule has 16 heavy (non-hydrogen) atoms. The summed E-state index contributed by atoms with van der Waals surface area (Å²) in [7, 11) is 0. The van der Waals surface area contributed by atoms with Crippen molar-refractivity contribution in [2.45, 2.75) is 26.7 Å². The van der Waals surface area contributed by atoms with Gasteiger partial charge in [0.2, 0.25) is 0 Å². The van der Waals surface area contributed by atoms with Crippen LogP contribution in [0.2, 0.25) is 0 Å². The molecule has 0 aliphatic heterocycles. The Bertz CT molecular complexity index is 388. The van der Waals surface area contributed by atoms with Gasteiger partial charge in [-0.2, -0.15) is 0 Å². The van der Waals surface area contributed by atoms with Crippen molar-refractivity contribution in [3.05, 3.63) is 28.7 Å². The Labute approximate surface area is 94.6 Å². The topological polar surface area (TPSA) is 55.7 Å². The lowest BCUT2D eigenvalue weighted by atomic mass is 10.1. The number of hydrogen-bond donors (Lipinski definition) is 0. The van der Waals surface area contributed by atoms with Gasteiger partial charge in [-0.25, -0.2) is 0 Å². The van der Waals surface area contributed by atoms with Crippen LogP contribution in [0, 0.1) is 4.91 Å². The van der Waals surface area contributed by atoms with Gasteiger partial charge in [0.25, 0.3) is 0 Å². The zero-order valence-corrected chi connectivity index (χ0v) is 9.53. The van der Waals surface area contributed by atoms with E-state index in [1.807, 2.05) is 6.92 Å². The summed E-state index contributed by atoms with van der Waals surface area (Å²) >= 11 is 0. The Morgan fingerprint density at radius 2 is 2.19 bits per heavy atom. The molecule has 0 aliphatic carbocycles. The number of rotatable bonds is 6. The number of carbonyl (C=O) groups excluding carboxylic acids is 1. The molecule has 0 amide bonds. The van der Waals surface area contributed by atoms with Crippen LogP contribution in [-0.4, -0.2) is 12.4 Å². The zero-order chi connectivity index (χ0) is 12.0. The molecular formula is C12H15NO3. The van der Waals surface area contributed by atoms with Crippen molar-refractivity contribution in [2.75, 3.05) is 6.61 Å². The van der Waals surface area contributed by atoms with Crippen molar-refractivity contribution in [3.63, 3.8) is 0 Å². The predicted molar refractivity (Wildman–Crippen MR) is 62.1 cm³/mol. The first kappa shape index (κ1) is 12.4. The highest BCUT2D eigenvalue weighted by Crippen LogP contribution is 2.28. The molecule has 0 atom stereocenters. The summed E-state index contributed by atoms with van der Waals surface area (Å²) in [4.78, 5) is 21.3. The minimum Gasteiger partial charge on any atom is -0.491 e. The summed E-state index contributed by atoms with van der Waals surface area (Å²) in [5, 5.41) is 2.88. The van der Waals surface area contributed by atoms with E-state index in [1.165, 1.54) is 0 Å². The van der Waals surface area contributed by atoms with E-state index in [1.54, 1.807) is 25.1 Å². The molecule has 0 N–H and O–H groups in total. The molecule has 4 heteroatoms. The maximum atomic E-state index is 10.9. The molecule has 0 radical (unpaired) electrons. The van der Waals surface area contributed by atoms with E-state index >= 15 is 0 Å². The van der Waals surface area contributed by atoms with Gasteiger partial charge >= 0.3 is 0 Å². The van der Waals surface area contributed by atoms with Gasteiger partial charge in [0.05, 0.1) is 6.61 Å². The van der Waals surface area contributed by atoms with Crippen LogP contribution < -0.4 is 4.74 Å². The fourth-order valence-corrected chi connectivity index (χ4v) is 1.38. The monoisotopic (exact) mass is 221 g/mol. The number of ketones is 1. The van der Waals surface area contributed by atoms with E-state index in [2.05, 4.69) is 5.18 Å². The Morgan fingerprint density at radius 3 is 2.75 bits per heavy atom. The minimum atomic E-state index is 0.149. The van der Waals surface area contributed by atoms with Crippen LogP contribution in [0.5, 0.6) is 5.75 Å². The van der Waals surface area contributed by atoms with Gasteiger partial charge in [-0.05, 0) is 43.1 Å². The molecular weight excluding hydrogens is 206 g/mol. The van der Waals surface area contributed by atoms with Crippen LogP contribution in [0.4, 0.5) is 5.69 Å². The number of Topliss-reactive ketones (excluding diaryl/α,β-unsaturated/α-hetero) is 1. The van der Waals surface area contributed by atoms with Gasteiger partial charge in [0.15, 0.2) is 0 Å². The SMILES string of the molecule is CCOc1cc(CCC(C)=O)ccc1N=O. The highest BCUT2D eigenvalue weighted by Gasteiger charge is 2.06. The third-order valence-corrected chi connectivity index (χ3v) is 2.19. The highest BCUT2D eigenvalue weighted by atomic mass is 16.5. The molecule has 0 aromatic heterocycles. The van der Waals surface area contributed by atoms with Gasteiger partial charge in [-0.3, -0.25) is 0 Å². The number of nitrogens with zero attached hydrogens (tertiary/aromatic N) is 1. The number of nitroso groups, excluding NO2 is 1. The zero-order valence-electron chi connectivity index (χ0n) is 9.53. The molecule has 0 heterocycles. The number of aryl methyl sites for hydroxylation is 1. The molecule has 86 valence electrons. The first-order valence-corrected chi connectivity index (χ1v) is 5.26. The quantitative estimate of drug-likeness (QED) is 0.694.